The fraction of sp³-hybridized carbons (Fsp3) is 0.647. The van der Waals surface area contributed by atoms with Gasteiger partial charge in [0.2, 0.25) is 0 Å². The quantitative estimate of drug-likeness (QED) is 0.889. The maximum absolute atomic E-state index is 14.0. The molecule has 1 saturated carbocycles. The second-order valence-electron chi connectivity index (χ2n) is 6.02. The minimum absolute atomic E-state index is 0.0145. The van der Waals surface area contributed by atoms with Crippen molar-refractivity contribution in [1.29, 1.82) is 0 Å². The minimum Gasteiger partial charge on any atom is -0.329 e. The van der Waals surface area contributed by atoms with Crippen LogP contribution >= 0.6 is 0 Å². The van der Waals surface area contributed by atoms with Crippen LogP contribution in [0.2, 0.25) is 0 Å². The van der Waals surface area contributed by atoms with Gasteiger partial charge in [0.25, 0.3) is 0 Å². The maximum Gasteiger partial charge on any atom is 0.128 e. The van der Waals surface area contributed by atoms with Crippen LogP contribution in [-0.2, 0) is 0 Å². The first-order valence-corrected chi connectivity index (χ1v) is 7.83. The average molecular weight is 278 g/mol. The molecule has 0 saturated heterocycles. The largest absolute Gasteiger partial charge is 0.329 e. The van der Waals surface area contributed by atoms with Gasteiger partial charge in [-0.2, -0.15) is 0 Å². The zero-order valence-corrected chi connectivity index (χ0v) is 12.7. The van der Waals surface area contributed by atoms with Gasteiger partial charge in [0, 0.05) is 24.2 Å². The van der Waals surface area contributed by atoms with Gasteiger partial charge in [-0.25, -0.2) is 4.39 Å². The highest BCUT2D eigenvalue weighted by Gasteiger charge is 2.28. The van der Waals surface area contributed by atoms with Crippen molar-refractivity contribution < 1.29 is 4.39 Å². The molecule has 112 valence electrons. The molecule has 1 atom stereocenters. The molecular weight excluding hydrogens is 251 g/mol. The van der Waals surface area contributed by atoms with Gasteiger partial charge in [-0.15, -0.1) is 0 Å². The van der Waals surface area contributed by atoms with Gasteiger partial charge in [-0.1, -0.05) is 31.5 Å². The molecule has 0 bridgehead atoms. The topological polar surface area (TPSA) is 29.3 Å². The summed E-state index contributed by atoms with van der Waals surface area (Å²) in [5, 5.41) is 0. The smallest absolute Gasteiger partial charge is 0.128 e. The molecule has 0 radical (unpaired) electrons. The predicted octanol–water partition coefficient (Wildman–Crippen LogP) is 3.73. The SMILES string of the molecule is CCC1CCC(N(C)C(CN)c2ccccc2F)CC1. The molecule has 2 rings (SSSR count). The molecule has 2 N–H and O–H groups in total. The molecule has 2 nitrogen and oxygen atoms in total. The number of benzene rings is 1. The highest BCUT2D eigenvalue weighted by Crippen LogP contribution is 2.33. The molecule has 0 spiro atoms. The van der Waals surface area contributed by atoms with Crippen LogP contribution in [-0.4, -0.2) is 24.5 Å². The van der Waals surface area contributed by atoms with E-state index in [1.54, 1.807) is 6.07 Å². The van der Waals surface area contributed by atoms with Crippen LogP contribution in [0, 0.1) is 11.7 Å². The molecule has 0 aromatic heterocycles. The van der Waals surface area contributed by atoms with Crippen molar-refractivity contribution in [3.05, 3.63) is 35.6 Å². The Hall–Kier alpha value is -0.930. The lowest BCUT2D eigenvalue weighted by Gasteiger charge is -2.39. The number of hydrogen-bond donors (Lipinski definition) is 1. The normalized spacial score (nSPS) is 24.9. The molecule has 1 aromatic carbocycles. The van der Waals surface area contributed by atoms with E-state index in [4.69, 9.17) is 5.73 Å². The number of nitrogens with zero attached hydrogens (tertiary/aromatic N) is 1. The van der Waals surface area contributed by atoms with Crippen LogP contribution in [0.5, 0.6) is 0 Å². The monoisotopic (exact) mass is 278 g/mol. The van der Waals surface area contributed by atoms with Crippen molar-refractivity contribution in [2.24, 2.45) is 11.7 Å². The van der Waals surface area contributed by atoms with E-state index in [2.05, 4.69) is 18.9 Å². The minimum atomic E-state index is -0.142. The van der Waals surface area contributed by atoms with Crippen molar-refractivity contribution >= 4 is 0 Å². The molecule has 0 aliphatic heterocycles. The van der Waals surface area contributed by atoms with Gasteiger partial charge >= 0.3 is 0 Å². The lowest BCUT2D eigenvalue weighted by Crippen LogP contribution is -2.41. The summed E-state index contributed by atoms with van der Waals surface area (Å²) >= 11 is 0. The van der Waals surface area contributed by atoms with Crippen molar-refractivity contribution in [1.82, 2.24) is 4.90 Å². The summed E-state index contributed by atoms with van der Waals surface area (Å²) in [6, 6.07) is 7.54. The zero-order valence-electron chi connectivity index (χ0n) is 12.7. The first-order chi connectivity index (χ1) is 9.67. The lowest BCUT2D eigenvalue weighted by atomic mass is 9.83. The Kier molecular flexibility index (Phi) is 5.55. The average Bonchev–Trinajstić information content (AvgIpc) is 2.50. The fourth-order valence-electron chi connectivity index (χ4n) is 3.47. The Morgan fingerprint density at radius 1 is 1.25 bits per heavy atom. The first-order valence-electron chi connectivity index (χ1n) is 7.83. The number of nitrogens with two attached hydrogens (primary N) is 1. The standard InChI is InChI=1S/C17H27FN2/c1-3-13-8-10-14(11-9-13)20(2)17(12-19)15-6-4-5-7-16(15)18/h4-7,13-14,17H,3,8-12,19H2,1-2H3. The van der Waals surface area contributed by atoms with E-state index in [1.165, 1.54) is 38.2 Å². The van der Waals surface area contributed by atoms with E-state index in [0.29, 0.717) is 12.6 Å². The second kappa shape index (κ2) is 7.19. The van der Waals surface area contributed by atoms with Gasteiger partial charge in [-0.05, 0) is 44.7 Å². The number of likely N-dealkylation sites (N-methyl/N-ethyl adjacent to an activating group) is 1. The Bertz CT molecular complexity index is 413. The van der Waals surface area contributed by atoms with E-state index in [-0.39, 0.29) is 11.9 Å². The van der Waals surface area contributed by atoms with Crippen molar-refractivity contribution in [3.63, 3.8) is 0 Å². The summed E-state index contributed by atoms with van der Waals surface area (Å²) in [5.74, 6) is 0.737. The Labute approximate surface area is 122 Å². The Morgan fingerprint density at radius 2 is 1.90 bits per heavy atom. The molecule has 1 fully saturated rings. The number of halogens is 1. The van der Waals surface area contributed by atoms with Crippen LogP contribution in [0.1, 0.15) is 50.6 Å². The van der Waals surface area contributed by atoms with Crippen LogP contribution < -0.4 is 5.73 Å². The molecule has 3 heteroatoms. The van der Waals surface area contributed by atoms with Gasteiger partial charge < -0.3 is 5.73 Å². The first kappa shape index (κ1) is 15.5. The van der Waals surface area contributed by atoms with E-state index >= 15 is 0 Å². The van der Waals surface area contributed by atoms with E-state index in [0.717, 1.165) is 11.5 Å². The van der Waals surface area contributed by atoms with Gasteiger partial charge in [0.1, 0.15) is 5.82 Å². The highest BCUT2D eigenvalue weighted by atomic mass is 19.1. The van der Waals surface area contributed by atoms with Crippen molar-refractivity contribution in [3.8, 4) is 0 Å². The molecule has 1 aliphatic rings. The number of rotatable bonds is 5. The van der Waals surface area contributed by atoms with Gasteiger partial charge in [-0.3, -0.25) is 4.90 Å². The van der Waals surface area contributed by atoms with Crippen molar-refractivity contribution in [2.75, 3.05) is 13.6 Å². The van der Waals surface area contributed by atoms with Crippen molar-refractivity contribution in [2.45, 2.75) is 51.1 Å². The van der Waals surface area contributed by atoms with Crippen LogP contribution in [0.3, 0.4) is 0 Å². The number of hydrogen-bond acceptors (Lipinski definition) is 2. The Morgan fingerprint density at radius 3 is 2.45 bits per heavy atom. The van der Waals surface area contributed by atoms with E-state index in [9.17, 15) is 4.39 Å². The summed E-state index contributed by atoms with van der Waals surface area (Å²) in [5.41, 5.74) is 6.66. The summed E-state index contributed by atoms with van der Waals surface area (Å²) in [6.45, 7) is 2.74. The molecule has 20 heavy (non-hydrogen) atoms. The van der Waals surface area contributed by atoms with Crippen LogP contribution in [0.25, 0.3) is 0 Å². The molecule has 1 aliphatic carbocycles. The zero-order chi connectivity index (χ0) is 14.5. The third kappa shape index (κ3) is 3.39. The molecular formula is C17H27FN2. The second-order valence-corrected chi connectivity index (χ2v) is 6.02. The Balaban J connectivity index is 2.06. The van der Waals surface area contributed by atoms with E-state index < -0.39 is 0 Å². The molecule has 0 amide bonds. The van der Waals surface area contributed by atoms with Crippen LogP contribution in [0.4, 0.5) is 4.39 Å². The summed E-state index contributed by atoms with van der Waals surface area (Å²) in [4.78, 5) is 2.30. The van der Waals surface area contributed by atoms with Gasteiger partial charge in [0.15, 0.2) is 0 Å². The lowest BCUT2D eigenvalue weighted by molar-refractivity contribution is 0.120. The highest BCUT2D eigenvalue weighted by molar-refractivity contribution is 5.21. The summed E-state index contributed by atoms with van der Waals surface area (Å²) in [7, 11) is 2.10. The molecule has 1 aromatic rings. The van der Waals surface area contributed by atoms with Gasteiger partial charge in [0.05, 0.1) is 0 Å². The molecule has 0 heterocycles. The third-order valence-corrected chi connectivity index (χ3v) is 4.95. The van der Waals surface area contributed by atoms with Crippen LogP contribution in [0.15, 0.2) is 24.3 Å². The van der Waals surface area contributed by atoms with E-state index in [1.807, 2.05) is 12.1 Å². The fourth-order valence-corrected chi connectivity index (χ4v) is 3.47. The summed E-state index contributed by atoms with van der Waals surface area (Å²) in [6.07, 6.45) is 6.28. The third-order valence-electron chi connectivity index (χ3n) is 4.95. The predicted molar refractivity (Wildman–Crippen MR) is 82.0 cm³/mol. The molecule has 1 unspecified atom stereocenters. The maximum atomic E-state index is 14.0. The summed E-state index contributed by atoms with van der Waals surface area (Å²) < 4.78 is 14.0.